The second kappa shape index (κ2) is 8.65. The van der Waals surface area contributed by atoms with Gasteiger partial charge in [0.05, 0.1) is 24.3 Å². The minimum atomic E-state index is -0.0976. The van der Waals surface area contributed by atoms with Crippen molar-refractivity contribution in [1.29, 1.82) is 0 Å². The number of pyridine rings is 1. The highest BCUT2D eigenvalue weighted by atomic mass is 32.1. The van der Waals surface area contributed by atoms with Crippen LogP contribution >= 0.6 is 11.3 Å². The minimum Gasteiger partial charge on any atom is -0.342 e. The molecule has 0 saturated carbocycles. The molecule has 7 heteroatoms. The van der Waals surface area contributed by atoms with E-state index in [9.17, 15) is 4.79 Å². The third kappa shape index (κ3) is 4.12. The van der Waals surface area contributed by atoms with Crippen LogP contribution in [0, 0.1) is 11.8 Å². The van der Waals surface area contributed by atoms with Crippen molar-refractivity contribution in [3.63, 3.8) is 0 Å². The topological polar surface area (TPSA) is 71.8 Å². The van der Waals surface area contributed by atoms with Crippen LogP contribution in [-0.4, -0.2) is 26.7 Å². The lowest BCUT2D eigenvalue weighted by atomic mass is 10.2. The van der Waals surface area contributed by atoms with Crippen LogP contribution in [0.25, 0.3) is 21.0 Å². The second-order valence-electron chi connectivity index (χ2n) is 8.30. The largest absolute Gasteiger partial charge is 0.342 e. The average molecular weight is 464 g/mol. The Morgan fingerprint density at radius 2 is 2.06 bits per heavy atom. The Hall–Kier alpha value is -4.15. The van der Waals surface area contributed by atoms with Crippen molar-refractivity contribution in [1.82, 2.24) is 20.1 Å². The van der Waals surface area contributed by atoms with Crippen LogP contribution in [0.2, 0.25) is 0 Å². The summed E-state index contributed by atoms with van der Waals surface area (Å²) in [4.78, 5) is 16.2. The van der Waals surface area contributed by atoms with E-state index < -0.39 is 0 Å². The molecule has 2 N–H and O–H groups in total. The molecule has 1 atom stereocenters. The summed E-state index contributed by atoms with van der Waals surface area (Å²) in [5, 5.41) is 15.1. The van der Waals surface area contributed by atoms with E-state index in [4.69, 9.17) is 4.98 Å². The van der Waals surface area contributed by atoms with Crippen LogP contribution in [0.15, 0.2) is 72.2 Å². The zero-order valence-electron chi connectivity index (χ0n) is 18.3. The lowest BCUT2D eigenvalue weighted by Crippen LogP contribution is -2.23. The van der Waals surface area contributed by atoms with Crippen molar-refractivity contribution in [3.8, 4) is 11.8 Å². The van der Waals surface area contributed by atoms with E-state index in [1.165, 1.54) is 5.56 Å². The lowest BCUT2D eigenvalue weighted by Gasteiger charge is -2.09. The van der Waals surface area contributed by atoms with Gasteiger partial charge >= 0.3 is 0 Å². The summed E-state index contributed by atoms with van der Waals surface area (Å²) in [5.41, 5.74) is 3.94. The fourth-order valence-electron chi connectivity index (χ4n) is 4.19. The summed E-state index contributed by atoms with van der Waals surface area (Å²) in [5.74, 6) is 7.13. The molecule has 34 heavy (non-hydrogen) atoms. The Kier molecular flexibility index (Phi) is 5.21. The Balaban J connectivity index is 1.28. The zero-order chi connectivity index (χ0) is 22.9. The number of fused-ring (bicyclic) bond motifs is 2. The molecule has 1 amide bonds. The molecule has 6 rings (SSSR count). The van der Waals surface area contributed by atoms with Gasteiger partial charge in [0, 0.05) is 27.6 Å². The van der Waals surface area contributed by atoms with E-state index in [0.29, 0.717) is 12.1 Å². The van der Waals surface area contributed by atoms with Gasteiger partial charge in [0.2, 0.25) is 5.91 Å². The lowest BCUT2D eigenvalue weighted by molar-refractivity contribution is -0.119. The highest BCUT2D eigenvalue weighted by Crippen LogP contribution is 2.30. The standard InChI is InChI=1S/C27H21N5OS/c33-26-11-9-20(29-26)6-7-22-15-25-23(12-13-34-25)27(31-22)30-21-8-10-24-19(14-21)16-28-32(24)17-18-4-2-1-3-5-18/h1-5,8,10,12-16,20H,9,11,17H2,(H,29,33)(H,30,31)/t20-/m1/s1. The Bertz CT molecular complexity index is 1570. The molecule has 6 nitrogen and oxygen atoms in total. The third-order valence-electron chi connectivity index (χ3n) is 5.90. The molecule has 0 aliphatic carbocycles. The Labute approximate surface area is 200 Å². The second-order valence-corrected chi connectivity index (χ2v) is 9.25. The van der Waals surface area contributed by atoms with Crippen molar-refractivity contribution >= 4 is 49.7 Å². The minimum absolute atomic E-state index is 0.0609. The molecule has 1 fully saturated rings. The first-order chi connectivity index (χ1) is 16.7. The number of rotatable bonds is 4. The molecule has 1 aliphatic rings. The average Bonchev–Trinajstić information content (AvgIpc) is 3.59. The summed E-state index contributed by atoms with van der Waals surface area (Å²) in [6.07, 6.45) is 3.18. The van der Waals surface area contributed by atoms with Gasteiger partial charge in [-0.1, -0.05) is 36.3 Å². The van der Waals surface area contributed by atoms with Gasteiger partial charge in [0.15, 0.2) is 0 Å². The summed E-state index contributed by atoms with van der Waals surface area (Å²) < 4.78 is 3.14. The van der Waals surface area contributed by atoms with Gasteiger partial charge in [0.1, 0.15) is 11.5 Å². The maximum atomic E-state index is 11.4. The van der Waals surface area contributed by atoms with Gasteiger partial charge in [-0.25, -0.2) is 4.98 Å². The predicted octanol–water partition coefficient (Wildman–Crippen LogP) is 5.07. The first-order valence-corrected chi connectivity index (χ1v) is 12.0. The monoisotopic (exact) mass is 463 g/mol. The van der Waals surface area contributed by atoms with Crippen LogP contribution in [0.4, 0.5) is 11.5 Å². The molecule has 2 aromatic carbocycles. The summed E-state index contributed by atoms with van der Waals surface area (Å²) in [7, 11) is 0. The van der Waals surface area contributed by atoms with Gasteiger partial charge in [0.25, 0.3) is 0 Å². The maximum Gasteiger partial charge on any atom is 0.221 e. The maximum absolute atomic E-state index is 11.4. The molecule has 4 heterocycles. The van der Waals surface area contributed by atoms with Gasteiger partial charge < -0.3 is 10.6 Å². The number of benzene rings is 2. The fourth-order valence-corrected chi connectivity index (χ4v) is 5.01. The molecular formula is C27H21N5OS. The fraction of sp³-hybridized carbons (Fsp3) is 0.148. The Morgan fingerprint density at radius 1 is 1.15 bits per heavy atom. The highest BCUT2D eigenvalue weighted by Gasteiger charge is 2.18. The molecule has 3 aromatic heterocycles. The number of aromatic nitrogens is 3. The normalized spacial score (nSPS) is 15.3. The number of nitrogens with zero attached hydrogens (tertiary/aromatic N) is 3. The van der Waals surface area contributed by atoms with Crippen molar-refractivity contribution < 1.29 is 4.79 Å². The smallest absolute Gasteiger partial charge is 0.221 e. The van der Waals surface area contributed by atoms with Crippen LogP contribution in [-0.2, 0) is 11.3 Å². The van der Waals surface area contributed by atoms with Gasteiger partial charge in [-0.05, 0) is 53.6 Å². The van der Waals surface area contributed by atoms with Crippen molar-refractivity contribution in [2.75, 3.05) is 5.32 Å². The number of hydrogen-bond donors (Lipinski definition) is 2. The van der Waals surface area contributed by atoms with Gasteiger partial charge in [-0.2, -0.15) is 5.10 Å². The first-order valence-electron chi connectivity index (χ1n) is 11.2. The zero-order valence-corrected chi connectivity index (χ0v) is 19.1. The van der Waals surface area contributed by atoms with E-state index >= 15 is 0 Å². The number of amides is 1. The number of hydrogen-bond acceptors (Lipinski definition) is 5. The summed E-state index contributed by atoms with van der Waals surface area (Å²) in [6, 6.07) is 20.5. The van der Waals surface area contributed by atoms with Crippen LogP contribution in [0.1, 0.15) is 24.1 Å². The van der Waals surface area contributed by atoms with Gasteiger partial charge in [-0.3, -0.25) is 9.48 Å². The number of carbonyl (C=O) groups excluding carboxylic acids is 1. The molecule has 0 bridgehead atoms. The Morgan fingerprint density at radius 3 is 2.91 bits per heavy atom. The molecule has 1 saturated heterocycles. The van der Waals surface area contributed by atoms with Crippen LogP contribution in [0.3, 0.4) is 0 Å². The molecular weight excluding hydrogens is 442 g/mol. The van der Waals surface area contributed by atoms with Crippen molar-refractivity contribution in [2.45, 2.75) is 25.4 Å². The molecule has 0 radical (unpaired) electrons. The van der Waals surface area contributed by atoms with E-state index in [2.05, 4.69) is 69.4 Å². The molecule has 5 aromatic rings. The molecule has 1 aliphatic heterocycles. The summed E-state index contributed by atoms with van der Waals surface area (Å²) >= 11 is 1.66. The molecule has 0 spiro atoms. The van der Waals surface area contributed by atoms with E-state index in [1.54, 1.807) is 11.3 Å². The summed E-state index contributed by atoms with van der Waals surface area (Å²) in [6.45, 7) is 0.732. The number of thiophene rings is 1. The SMILES string of the molecule is O=C1CC[C@@H](C#Cc2cc3sccc3c(Nc3ccc4c(cnn4Cc4ccccc4)c3)n2)N1. The van der Waals surface area contributed by atoms with E-state index in [1.807, 2.05) is 35.1 Å². The first kappa shape index (κ1) is 20.5. The van der Waals surface area contributed by atoms with E-state index in [0.717, 1.165) is 45.5 Å². The predicted molar refractivity (Wildman–Crippen MR) is 136 cm³/mol. The van der Waals surface area contributed by atoms with E-state index in [-0.39, 0.29) is 11.9 Å². The highest BCUT2D eigenvalue weighted by molar-refractivity contribution is 7.17. The number of anilines is 2. The molecule has 0 unspecified atom stereocenters. The third-order valence-corrected chi connectivity index (χ3v) is 6.76. The molecule has 166 valence electrons. The van der Waals surface area contributed by atoms with Crippen molar-refractivity contribution in [2.24, 2.45) is 0 Å². The number of carbonyl (C=O) groups is 1. The van der Waals surface area contributed by atoms with Crippen LogP contribution in [0.5, 0.6) is 0 Å². The quantitative estimate of drug-likeness (QED) is 0.365. The number of nitrogens with one attached hydrogen (secondary N) is 2. The van der Waals surface area contributed by atoms with Gasteiger partial charge in [-0.15, -0.1) is 11.3 Å². The van der Waals surface area contributed by atoms with Crippen molar-refractivity contribution in [3.05, 3.63) is 83.5 Å². The van der Waals surface area contributed by atoms with Crippen LogP contribution < -0.4 is 10.6 Å².